The molecule has 1 aromatic heterocycles. The number of carbonyl (C=O) groups excluding carboxylic acids is 1. The zero-order valence-electron chi connectivity index (χ0n) is 15.4. The molecule has 144 valence electrons. The van der Waals surface area contributed by atoms with Gasteiger partial charge < -0.3 is 24.5 Å². The summed E-state index contributed by atoms with van der Waals surface area (Å²) in [6, 6.07) is 11.4. The molecule has 0 aliphatic carbocycles. The van der Waals surface area contributed by atoms with Gasteiger partial charge in [0.15, 0.2) is 5.58 Å². The van der Waals surface area contributed by atoms with Crippen LogP contribution < -0.4 is 15.0 Å². The molecule has 1 amide bonds. The lowest BCUT2D eigenvalue weighted by molar-refractivity contribution is 0.102. The van der Waals surface area contributed by atoms with E-state index in [1.54, 1.807) is 24.3 Å². The number of rotatable bonds is 3. The van der Waals surface area contributed by atoms with E-state index in [4.69, 9.17) is 9.15 Å². The standard InChI is InChI=1S/C21H21N3O4/c25-16-2-1-8-24(12-16)21-23-17-11-15(4-6-19(17)28-21)22-20(26)14-3-5-18-13(10-14)7-9-27-18/h3-6,10-11,16,25H,1-2,7-9,12H2,(H,22,26)/t16-/m1/s1. The van der Waals surface area contributed by atoms with Gasteiger partial charge in [0.2, 0.25) is 0 Å². The van der Waals surface area contributed by atoms with Crippen molar-refractivity contribution in [3.63, 3.8) is 0 Å². The van der Waals surface area contributed by atoms with Gasteiger partial charge in [-0.15, -0.1) is 0 Å². The molecule has 3 heterocycles. The third kappa shape index (κ3) is 3.18. The second-order valence-electron chi connectivity index (χ2n) is 7.30. The molecule has 2 aliphatic rings. The number of nitrogens with one attached hydrogen (secondary N) is 1. The zero-order chi connectivity index (χ0) is 19.1. The van der Waals surface area contributed by atoms with Gasteiger partial charge in [0, 0.05) is 30.8 Å². The Bertz CT molecular complexity index is 1050. The second-order valence-corrected chi connectivity index (χ2v) is 7.30. The van der Waals surface area contributed by atoms with E-state index >= 15 is 0 Å². The van der Waals surface area contributed by atoms with Gasteiger partial charge in [-0.2, -0.15) is 4.98 Å². The minimum Gasteiger partial charge on any atom is -0.493 e. The molecule has 3 aromatic rings. The van der Waals surface area contributed by atoms with Crippen LogP contribution in [0.2, 0.25) is 0 Å². The first-order valence-electron chi connectivity index (χ1n) is 9.56. The number of hydrogen-bond acceptors (Lipinski definition) is 6. The maximum Gasteiger partial charge on any atom is 0.298 e. The van der Waals surface area contributed by atoms with Crippen molar-refractivity contribution in [1.82, 2.24) is 4.98 Å². The normalized spacial score (nSPS) is 18.8. The molecule has 5 rings (SSSR count). The predicted octanol–water partition coefficient (Wildman–Crippen LogP) is 2.98. The molecule has 0 spiro atoms. The fourth-order valence-electron chi connectivity index (χ4n) is 3.79. The molecular formula is C21H21N3O4. The van der Waals surface area contributed by atoms with E-state index in [1.165, 1.54) is 0 Å². The van der Waals surface area contributed by atoms with Gasteiger partial charge in [-0.05, 0) is 54.8 Å². The van der Waals surface area contributed by atoms with E-state index in [9.17, 15) is 9.90 Å². The van der Waals surface area contributed by atoms with Crippen molar-refractivity contribution >= 4 is 28.7 Å². The Labute approximate surface area is 161 Å². The Morgan fingerprint density at radius 3 is 3.07 bits per heavy atom. The van der Waals surface area contributed by atoms with Gasteiger partial charge in [0.05, 0.1) is 12.7 Å². The first-order chi connectivity index (χ1) is 13.7. The van der Waals surface area contributed by atoms with Gasteiger partial charge in [0.1, 0.15) is 11.3 Å². The summed E-state index contributed by atoms with van der Waals surface area (Å²) in [7, 11) is 0. The molecule has 0 bridgehead atoms. The van der Waals surface area contributed by atoms with Gasteiger partial charge in [-0.3, -0.25) is 4.79 Å². The van der Waals surface area contributed by atoms with Crippen LogP contribution in [0, 0.1) is 0 Å². The number of piperidine rings is 1. The van der Waals surface area contributed by atoms with Crippen LogP contribution in [-0.4, -0.2) is 41.8 Å². The largest absolute Gasteiger partial charge is 0.493 e. The number of hydrogen-bond donors (Lipinski definition) is 2. The predicted molar refractivity (Wildman–Crippen MR) is 105 cm³/mol. The van der Waals surface area contributed by atoms with Crippen molar-refractivity contribution in [2.24, 2.45) is 0 Å². The van der Waals surface area contributed by atoms with Crippen molar-refractivity contribution in [3.8, 4) is 5.75 Å². The molecule has 7 heteroatoms. The van der Waals surface area contributed by atoms with Crippen molar-refractivity contribution in [1.29, 1.82) is 0 Å². The summed E-state index contributed by atoms with van der Waals surface area (Å²) < 4.78 is 11.3. The van der Waals surface area contributed by atoms with Crippen LogP contribution in [0.3, 0.4) is 0 Å². The van der Waals surface area contributed by atoms with Crippen LogP contribution in [-0.2, 0) is 6.42 Å². The Kier molecular flexibility index (Phi) is 4.16. The van der Waals surface area contributed by atoms with E-state index < -0.39 is 0 Å². The SMILES string of the molecule is O=C(Nc1ccc2oc(N3CCC[C@@H](O)C3)nc2c1)c1ccc2c(c1)CCO2. The average Bonchev–Trinajstić information content (AvgIpc) is 3.33. The molecular weight excluding hydrogens is 358 g/mol. The highest BCUT2D eigenvalue weighted by atomic mass is 16.5. The summed E-state index contributed by atoms with van der Waals surface area (Å²) >= 11 is 0. The zero-order valence-corrected chi connectivity index (χ0v) is 15.4. The highest BCUT2D eigenvalue weighted by Gasteiger charge is 2.22. The van der Waals surface area contributed by atoms with Crippen molar-refractivity contribution in [3.05, 3.63) is 47.5 Å². The lowest BCUT2D eigenvalue weighted by Gasteiger charge is -2.28. The summed E-state index contributed by atoms with van der Waals surface area (Å²) in [6.07, 6.45) is 2.20. The van der Waals surface area contributed by atoms with Crippen LogP contribution in [0.4, 0.5) is 11.7 Å². The van der Waals surface area contributed by atoms with Crippen molar-refractivity contribution < 1.29 is 19.1 Å². The van der Waals surface area contributed by atoms with Gasteiger partial charge >= 0.3 is 0 Å². The fourth-order valence-corrected chi connectivity index (χ4v) is 3.79. The molecule has 2 N–H and O–H groups in total. The number of amides is 1. The summed E-state index contributed by atoms with van der Waals surface area (Å²) in [6.45, 7) is 2.01. The molecule has 0 radical (unpaired) electrons. The Balaban J connectivity index is 1.35. The maximum atomic E-state index is 12.6. The summed E-state index contributed by atoms with van der Waals surface area (Å²) in [5.74, 6) is 0.688. The smallest absolute Gasteiger partial charge is 0.298 e. The van der Waals surface area contributed by atoms with Gasteiger partial charge in [-0.1, -0.05) is 0 Å². The molecule has 2 aromatic carbocycles. The van der Waals surface area contributed by atoms with E-state index in [0.717, 1.165) is 37.1 Å². The Morgan fingerprint density at radius 1 is 1.25 bits per heavy atom. The van der Waals surface area contributed by atoms with E-state index in [2.05, 4.69) is 10.3 Å². The molecule has 7 nitrogen and oxygen atoms in total. The lowest BCUT2D eigenvalue weighted by atomic mass is 10.1. The molecule has 1 atom stereocenters. The molecule has 0 unspecified atom stereocenters. The first-order valence-corrected chi connectivity index (χ1v) is 9.56. The van der Waals surface area contributed by atoms with Crippen LogP contribution >= 0.6 is 0 Å². The average molecular weight is 379 g/mol. The van der Waals surface area contributed by atoms with Crippen LogP contribution in [0.25, 0.3) is 11.1 Å². The molecule has 1 saturated heterocycles. The summed E-state index contributed by atoms with van der Waals surface area (Å²) in [4.78, 5) is 19.1. The van der Waals surface area contributed by atoms with Crippen LogP contribution in [0.5, 0.6) is 5.75 Å². The quantitative estimate of drug-likeness (QED) is 0.727. The number of anilines is 2. The summed E-state index contributed by atoms with van der Waals surface area (Å²) in [5, 5.41) is 12.8. The fraction of sp³-hybridized carbons (Fsp3) is 0.333. The third-order valence-electron chi connectivity index (χ3n) is 5.25. The number of ether oxygens (including phenoxy) is 1. The Morgan fingerprint density at radius 2 is 2.18 bits per heavy atom. The number of fused-ring (bicyclic) bond motifs is 2. The van der Waals surface area contributed by atoms with Crippen molar-refractivity contribution in [2.45, 2.75) is 25.4 Å². The first kappa shape index (κ1) is 17.1. The van der Waals surface area contributed by atoms with Crippen molar-refractivity contribution in [2.75, 3.05) is 29.9 Å². The Hall–Kier alpha value is -3.06. The number of β-amino-alcohol motifs (C(OH)–C–C–N with tert-alkyl or cyclic N) is 1. The second kappa shape index (κ2) is 6.83. The molecule has 2 aliphatic heterocycles. The maximum absolute atomic E-state index is 12.6. The monoisotopic (exact) mass is 379 g/mol. The van der Waals surface area contributed by atoms with E-state index in [0.29, 0.717) is 41.5 Å². The van der Waals surface area contributed by atoms with E-state index in [1.807, 2.05) is 17.0 Å². The highest BCUT2D eigenvalue weighted by molar-refractivity contribution is 6.05. The molecule has 1 fully saturated rings. The number of oxazole rings is 1. The lowest BCUT2D eigenvalue weighted by Crippen LogP contribution is -2.38. The highest BCUT2D eigenvalue weighted by Crippen LogP contribution is 2.28. The number of nitrogens with zero attached hydrogens (tertiary/aromatic N) is 2. The topological polar surface area (TPSA) is 87.8 Å². The number of benzene rings is 2. The number of carbonyl (C=O) groups is 1. The van der Waals surface area contributed by atoms with Crippen LogP contribution in [0.1, 0.15) is 28.8 Å². The minimum absolute atomic E-state index is 0.170. The molecule has 0 saturated carbocycles. The summed E-state index contributed by atoms with van der Waals surface area (Å²) in [5.41, 5.74) is 3.66. The third-order valence-corrected chi connectivity index (χ3v) is 5.25. The van der Waals surface area contributed by atoms with E-state index in [-0.39, 0.29) is 12.0 Å². The molecule has 28 heavy (non-hydrogen) atoms. The minimum atomic E-state index is -0.351. The number of aliphatic hydroxyl groups is 1. The van der Waals surface area contributed by atoms with Gasteiger partial charge in [0.25, 0.3) is 11.9 Å². The van der Waals surface area contributed by atoms with Crippen LogP contribution in [0.15, 0.2) is 40.8 Å². The van der Waals surface area contributed by atoms with Gasteiger partial charge in [-0.25, -0.2) is 0 Å². The number of aliphatic hydroxyl groups excluding tert-OH is 1. The number of aromatic nitrogens is 1.